The van der Waals surface area contributed by atoms with E-state index in [1.807, 2.05) is 30.5 Å². The van der Waals surface area contributed by atoms with E-state index in [2.05, 4.69) is 4.98 Å². The van der Waals surface area contributed by atoms with E-state index >= 15 is 0 Å². The number of H-pyrrole nitrogens is 1. The number of hydrogen-bond acceptors (Lipinski definition) is 2. The standard InChI is InChI=1S/C11H7NOS/c13-10-4-2-7-1-3-9-8(5-6-12-9)11(7)14-10/h1-6,12H. The number of benzene rings is 1. The van der Waals surface area contributed by atoms with Crippen molar-refractivity contribution in [2.75, 3.05) is 0 Å². The molecule has 0 aliphatic carbocycles. The van der Waals surface area contributed by atoms with E-state index < -0.39 is 0 Å². The summed E-state index contributed by atoms with van der Waals surface area (Å²) in [5.74, 6) is 0. The van der Waals surface area contributed by atoms with Crippen molar-refractivity contribution in [2.45, 2.75) is 0 Å². The number of rotatable bonds is 0. The second-order valence-electron chi connectivity index (χ2n) is 3.18. The highest BCUT2D eigenvalue weighted by molar-refractivity contribution is 7.17. The van der Waals surface area contributed by atoms with Crippen LogP contribution in [-0.2, 0) is 0 Å². The monoisotopic (exact) mass is 201 g/mol. The first kappa shape index (κ1) is 7.76. The molecule has 3 aromatic rings. The smallest absolute Gasteiger partial charge is 0.232 e. The lowest BCUT2D eigenvalue weighted by atomic mass is 10.2. The van der Waals surface area contributed by atoms with Crippen LogP contribution in [0, 0.1) is 0 Å². The molecule has 2 nitrogen and oxygen atoms in total. The maximum atomic E-state index is 11.3. The maximum Gasteiger partial charge on any atom is 0.232 e. The summed E-state index contributed by atoms with van der Waals surface area (Å²) in [6.07, 6.45) is 1.90. The van der Waals surface area contributed by atoms with Gasteiger partial charge in [-0.3, -0.25) is 4.79 Å². The highest BCUT2D eigenvalue weighted by Crippen LogP contribution is 2.25. The summed E-state index contributed by atoms with van der Waals surface area (Å²) in [6.45, 7) is 0. The molecule has 0 unspecified atom stereocenters. The van der Waals surface area contributed by atoms with Crippen LogP contribution in [0.2, 0.25) is 0 Å². The molecule has 2 heterocycles. The minimum Gasteiger partial charge on any atom is -0.361 e. The molecular weight excluding hydrogens is 194 g/mol. The molecule has 0 amide bonds. The Kier molecular flexibility index (Phi) is 1.49. The summed E-state index contributed by atoms with van der Waals surface area (Å²) in [5, 5.41) is 2.26. The van der Waals surface area contributed by atoms with Crippen molar-refractivity contribution < 1.29 is 0 Å². The topological polar surface area (TPSA) is 32.9 Å². The molecule has 0 bridgehead atoms. The minimum atomic E-state index is 0.103. The third-order valence-corrected chi connectivity index (χ3v) is 3.31. The van der Waals surface area contributed by atoms with Gasteiger partial charge in [-0.2, -0.15) is 0 Å². The minimum absolute atomic E-state index is 0.103. The Morgan fingerprint density at radius 2 is 1.93 bits per heavy atom. The predicted octanol–water partition coefficient (Wildman–Crippen LogP) is 2.74. The van der Waals surface area contributed by atoms with Crippen LogP contribution in [0.4, 0.5) is 0 Å². The average Bonchev–Trinajstić information content (AvgIpc) is 2.65. The summed E-state index contributed by atoms with van der Waals surface area (Å²) >= 11 is 1.30. The van der Waals surface area contributed by atoms with Gasteiger partial charge < -0.3 is 4.98 Å². The fraction of sp³-hybridized carbons (Fsp3) is 0. The average molecular weight is 201 g/mol. The van der Waals surface area contributed by atoms with E-state index in [9.17, 15) is 4.79 Å². The van der Waals surface area contributed by atoms with Gasteiger partial charge in [0, 0.05) is 21.8 Å². The fourth-order valence-corrected chi connectivity index (χ4v) is 2.54. The van der Waals surface area contributed by atoms with Crippen LogP contribution in [-0.4, -0.2) is 4.98 Å². The molecule has 0 saturated heterocycles. The zero-order valence-corrected chi connectivity index (χ0v) is 8.10. The third kappa shape index (κ3) is 0.992. The zero-order valence-electron chi connectivity index (χ0n) is 7.28. The van der Waals surface area contributed by atoms with Crippen molar-refractivity contribution in [2.24, 2.45) is 0 Å². The predicted molar refractivity (Wildman–Crippen MR) is 60.0 cm³/mol. The second-order valence-corrected chi connectivity index (χ2v) is 4.19. The summed E-state index contributed by atoms with van der Waals surface area (Å²) < 4.78 is 1.17. The Balaban J connectivity index is 2.66. The van der Waals surface area contributed by atoms with Crippen molar-refractivity contribution in [1.82, 2.24) is 4.98 Å². The Morgan fingerprint density at radius 1 is 1.07 bits per heavy atom. The van der Waals surface area contributed by atoms with Gasteiger partial charge in [0.25, 0.3) is 0 Å². The van der Waals surface area contributed by atoms with Gasteiger partial charge in [0.15, 0.2) is 0 Å². The Labute approximate surface area is 83.8 Å². The molecule has 1 aromatic carbocycles. The molecule has 2 aromatic heterocycles. The summed E-state index contributed by atoms with van der Waals surface area (Å²) in [6, 6.07) is 9.57. The van der Waals surface area contributed by atoms with Crippen LogP contribution in [0.5, 0.6) is 0 Å². The van der Waals surface area contributed by atoms with E-state index in [0.29, 0.717) is 0 Å². The number of fused-ring (bicyclic) bond motifs is 3. The van der Waals surface area contributed by atoms with Crippen LogP contribution in [0.3, 0.4) is 0 Å². The van der Waals surface area contributed by atoms with Gasteiger partial charge in [0.1, 0.15) is 0 Å². The molecule has 68 valence electrons. The van der Waals surface area contributed by atoms with E-state index in [-0.39, 0.29) is 4.74 Å². The first-order valence-electron chi connectivity index (χ1n) is 4.34. The van der Waals surface area contributed by atoms with Gasteiger partial charge in [-0.15, -0.1) is 0 Å². The number of aromatic nitrogens is 1. The normalized spacial score (nSPS) is 11.1. The molecule has 1 N–H and O–H groups in total. The Bertz CT molecular complexity index is 665. The maximum absolute atomic E-state index is 11.3. The Morgan fingerprint density at radius 3 is 2.86 bits per heavy atom. The third-order valence-electron chi connectivity index (χ3n) is 2.32. The molecule has 0 aliphatic rings. The van der Waals surface area contributed by atoms with Gasteiger partial charge in [-0.1, -0.05) is 17.4 Å². The fourth-order valence-electron chi connectivity index (χ4n) is 1.66. The van der Waals surface area contributed by atoms with Gasteiger partial charge >= 0.3 is 0 Å². The number of hydrogen-bond donors (Lipinski definition) is 1. The van der Waals surface area contributed by atoms with E-state index in [1.165, 1.54) is 11.3 Å². The van der Waals surface area contributed by atoms with Gasteiger partial charge in [0.05, 0.1) is 0 Å². The molecule has 0 fully saturated rings. The molecule has 14 heavy (non-hydrogen) atoms. The molecule has 0 radical (unpaired) electrons. The first-order valence-corrected chi connectivity index (χ1v) is 5.16. The molecule has 3 rings (SSSR count). The second kappa shape index (κ2) is 2.69. The molecule has 3 heteroatoms. The molecule has 0 aliphatic heterocycles. The van der Waals surface area contributed by atoms with Crippen molar-refractivity contribution in [1.29, 1.82) is 0 Å². The van der Waals surface area contributed by atoms with Gasteiger partial charge in [-0.25, -0.2) is 0 Å². The van der Waals surface area contributed by atoms with E-state index in [0.717, 1.165) is 21.0 Å². The van der Waals surface area contributed by atoms with Crippen LogP contribution in [0.15, 0.2) is 41.3 Å². The highest BCUT2D eigenvalue weighted by Gasteiger charge is 2.01. The van der Waals surface area contributed by atoms with Gasteiger partial charge in [-0.05, 0) is 29.7 Å². The van der Waals surface area contributed by atoms with E-state index in [4.69, 9.17) is 0 Å². The first-order chi connectivity index (χ1) is 6.84. The Hall–Kier alpha value is -1.61. The summed E-state index contributed by atoms with van der Waals surface area (Å²) in [7, 11) is 0. The van der Waals surface area contributed by atoms with Crippen molar-refractivity contribution in [3.8, 4) is 0 Å². The van der Waals surface area contributed by atoms with E-state index in [1.54, 1.807) is 6.07 Å². The van der Waals surface area contributed by atoms with Crippen molar-refractivity contribution in [3.05, 3.63) is 46.1 Å². The molecular formula is C11H7NOS. The summed E-state index contributed by atoms with van der Waals surface area (Å²) in [4.78, 5) is 14.4. The largest absolute Gasteiger partial charge is 0.361 e. The number of nitrogens with one attached hydrogen (secondary N) is 1. The van der Waals surface area contributed by atoms with Crippen LogP contribution >= 0.6 is 11.3 Å². The lowest BCUT2D eigenvalue weighted by Crippen LogP contribution is -1.88. The van der Waals surface area contributed by atoms with Crippen molar-refractivity contribution in [3.63, 3.8) is 0 Å². The van der Waals surface area contributed by atoms with Crippen LogP contribution in [0.25, 0.3) is 21.0 Å². The molecule has 0 atom stereocenters. The lowest BCUT2D eigenvalue weighted by molar-refractivity contribution is 1.48. The summed E-state index contributed by atoms with van der Waals surface area (Å²) in [5.41, 5.74) is 1.08. The molecule has 0 spiro atoms. The van der Waals surface area contributed by atoms with Crippen LogP contribution in [0.1, 0.15) is 0 Å². The zero-order chi connectivity index (χ0) is 9.54. The van der Waals surface area contributed by atoms with Crippen LogP contribution < -0.4 is 4.74 Å². The SMILES string of the molecule is O=c1ccc2ccc3[nH]ccc3c2s1. The van der Waals surface area contributed by atoms with Crippen molar-refractivity contribution >= 4 is 32.3 Å². The number of aromatic amines is 1. The highest BCUT2D eigenvalue weighted by atomic mass is 32.1. The molecule has 0 saturated carbocycles. The lowest BCUT2D eigenvalue weighted by Gasteiger charge is -1.96. The quantitative estimate of drug-likeness (QED) is 0.596. The van der Waals surface area contributed by atoms with Gasteiger partial charge in [0.2, 0.25) is 4.74 Å².